The lowest BCUT2D eigenvalue weighted by molar-refractivity contribution is -0.101. The maximum atomic E-state index is 13.2. The van der Waals surface area contributed by atoms with Crippen molar-refractivity contribution in [3.63, 3.8) is 0 Å². The number of aliphatic hydroxyl groups is 1. The summed E-state index contributed by atoms with van der Waals surface area (Å²) in [5, 5.41) is 10.6. The average Bonchev–Trinajstić information content (AvgIpc) is 2.82. The molecule has 0 saturated carbocycles. The average molecular weight is 471 g/mol. The molecule has 1 amide bonds. The lowest BCUT2D eigenvalue weighted by atomic mass is 9.80. The fourth-order valence-corrected chi connectivity index (χ4v) is 4.58. The number of cyclic esters (lactones) is 1. The van der Waals surface area contributed by atoms with E-state index in [4.69, 9.17) is 4.74 Å². The van der Waals surface area contributed by atoms with E-state index < -0.39 is 17.3 Å². The van der Waals surface area contributed by atoms with Crippen molar-refractivity contribution >= 4 is 6.09 Å². The van der Waals surface area contributed by atoms with Crippen molar-refractivity contribution in [3.05, 3.63) is 106 Å². The van der Waals surface area contributed by atoms with E-state index in [0.29, 0.717) is 24.9 Å². The summed E-state index contributed by atoms with van der Waals surface area (Å²) in [6.07, 6.45) is 2.08. The molecule has 1 fully saturated rings. The lowest BCUT2D eigenvalue weighted by Gasteiger charge is -2.45. The summed E-state index contributed by atoms with van der Waals surface area (Å²) in [6, 6.07) is 20.4. The van der Waals surface area contributed by atoms with Gasteiger partial charge in [0.05, 0.1) is 11.6 Å². The number of carbonyl (C=O) groups is 1. The molecule has 4 rings (SSSR count). The molecule has 2 heterocycles. The molecule has 1 aliphatic heterocycles. The van der Waals surface area contributed by atoms with E-state index in [9.17, 15) is 14.7 Å². The standard InChI is InChI=1S/C29H30N2O4/c1-21(24-13-11-22(12-14-24)9-10-23-15-17-30-26(32)19-23)31-18-16-29(35-27(31)33,20-28(2,3)34)25-7-5-4-6-8-25/h4-8,11-15,17,19,21,34H,16,18,20H2,1-3H3,(H,30,32)/t21-,29?/m0/s1. The Morgan fingerprint density at radius 3 is 2.37 bits per heavy atom. The van der Waals surface area contributed by atoms with Gasteiger partial charge in [0.1, 0.15) is 5.60 Å². The van der Waals surface area contributed by atoms with Crippen LogP contribution in [0.2, 0.25) is 0 Å². The van der Waals surface area contributed by atoms with Crippen LogP contribution in [0.4, 0.5) is 4.79 Å². The summed E-state index contributed by atoms with van der Waals surface area (Å²) < 4.78 is 6.09. The van der Waals surface area contributed by atoms with Gasteiger partial charge in [0.15, 0.2) is 0 Å². The van der Waals surface area contributed by atoms with Crippen LogP contribution in [0.1, 0.15) is 61.9 Å². The molecule has 1 aromatic heterocycles. The summed E-state index contributed by atoms with van der Waals surface area (Å²) >= 11 is 0. The van der Waals surface area contributed by atoms with Gasteiger partial charge in [0.25, 0.3) is 0 Å². The molecular formula is C29H30N2O4. The molecule has 0 spiro atoms. The molecule has 6 nitrogen and oxygen atoms in total. The number of amides is 1. The fraction of sp³-hybridized carbons (Fsp3) is 0.310. The van der Waals surface area contributed by atoms with E-state index in [1.165, 1.54) is 6.07 Å². The molecule has 6 heteroatoms. The lowest BCUT2D eigenvalue weighted by Crippen LogP contribution is -2.51. The summed E-state index contributed by atoms with van der Waals surface area (Å²) in [7, 11) is 0. The zero-order chi connectivity index (χ0) is 25.1. The summed E-state index contributed by atoms with van der Waals surface area (Å²) in [5.41, 5.74) is 1.28. The SMILES string of the molecule is C[C@@H](c1ccc(C#Cc2cc[nH]c(=O)c2)cc1)N1CCC(CC(C)(C)O)(c2ccccc2)OC1=O. The van der Waals surface area contributed by atoms with Gasteiger partial charge in [-0.15, -0.1) is 0 Å². The van der Waals surface area contributed by atoms with E-state index in [2.05, 4.69) is 16.8 Å². The normalized spacial score (nSPS) is 18.9. The van der Waals surface area contributed by atoms with Gasteiger partial charge in [-0.2, -0.15) is 0 Å². The van der Waals surface area contributed by atoms with E-state index in [0.717, 1.165) is 16.7 Å². The van der Waals surface area contributed by atoms with Crippen LogP contribution in [0.5, 0.6) is 0 Å². The van der Waals surface area contributed by atoms with Crippen LogP contribution >= 0.6 is 0 Å². The van der Waals surface area contributed by atoms with Crippen LogP contribution in [-0.2, 0) is 10.3 Å². The van der Waals surface area contributed by atoms with Crippen molar-refractivity contribution in [1.82, 2.24) is 9.88 Å². The van der Waals surface area contributed by atoms with Gasteiger partial charge in [0, 0.05) is 42.8 Å². The molecule has 0 aliphatic carbocycles. The van der Waals surface area contributed by atoms with Gasteiger partial charge in [-0.3, -0.25) is 4.79 Å². The Morgan fingerprint density at radius 2 is 1.74 bits per heavy atom. The van der Waals surface area contributed by atoms with Crippen LogP contribution < -0.4 is 5.56 Å². The minimum absolute atomic E-state index is 0.187. The molecule has 1 unspecified atom stereocenters. The Balaban J connectivity index is 1.50. The molecule has 3 aromatic rings. The maximum Gasteiger partial charge on any atom is 0.411 e. The minimum Gasteiger partial charge on any atom is -0.438 e. The van der Waals surface area contributed by atoms with Crippen LogP contribution in [0, 0.1) is 11.8 Å². The van der Waals surface area contributed by atoms with Crippen molar-refractivity contribution in [2.45, 2.75) is 50.9 Å². The van der Waals surface area contributed by atoms with Gasteiger partial charge in [0.2, 0.25) is 5.56 Å². The molecule has 35 heavy (non-hydrogen) atoms. The van der Waals surface area contributed by atoms with E-state index in [1.807, 2.05) is 61.5 Å². The van der Waals surface area contributed by atoms with Gasteiger partial charge in [-0.25, -0.2) is 4.79 Å². The predicted molar refractivity (Wildman–Crippen MR) is 135 cm³/mol. The number of H-pyrrole nitrogens is 1. The quantitative estimate of drug-likeness (QED) is 0.528. The van der Waals surface area contributed by atoms with Crippen LogP contribution in [0.25, 0.3) is 0 Å². The number of hydrogen-bond donors (Lipinski definition) is 2. The third kappa shape index (κ3) is 5.82. The first-order valence-corrected chi connectivity index (χ1v) is 11.7. The van der Waals surface area contributed by atoms with Gasteiger partial charge in [-0.05, 0) is 50.1 Å². The number of hydrogen-bond acceptors (Lipinski definition) is 4. The third-order valence-electron chi connectivity index (χ3n) is 6.28. The maximum absolute atomic E-state index is 13.2. The topological polar surface area (TPSA) is 82.6 Å². The van der Waals surface area contributed by atoms with Crippen molar-refractivity contribution in [3.8, 4) is 11.8 Å². The van der Waals surface area contributed by atoms with E-state index in [1.54, 1.807) is 31.0 Å². The second-order valence-corrected chi connectivity index (χ2v) is 9.65. The van der Waals surface area contributed by atoms with Crippen LogP contribution in [-0.4, -0.2) is 33.2 Å². The first kappa shape index (κ1) is 24.3. The Bertz CT molecular complexity index is 1300. The Kier molecular flexibility index (Phi) is 6.81. The second kappa shape index (κ2) is 9.81. The Morgan fingerprint density at radius 1 is 1.06 bits per heavy atom. The number of ether oxygens (including phenoxy) is 1. The molecule has 2 N–H and O–H groups in total. The summed E-state index contributed by atoms with van der Waals surface area (Å²) in [5.74, 6) is 6.05. The van der Waals surface area contributed by atoms with Crippen molar-refractivity contribution < 1.29 is 14.6 Å². The molecule has 1 saturated heterocycles. The Labute approximate surface area is 205 Å². The highest BCUT2D eigenvalue weighted by molar-refractivity contribution is 5.70. The monoisotopic (exact) mass is 470 g/mol. The number of nitrogens with one attached hydrogen (secondary N) is 1. The zero-order valence-corrected chi connectivity index (χ0v) is 20.2. The largest absolute Gasteiger partial charge is 0.438 e. The van der Waals surface area contributed by atoms with Crippen molar-refractivity contribution in [2.24, 2.45) is 0 Å². The summed E-state index contributed by atoms with van der Waals surface area (Å²) in [4.78, 5) is 28.9. The van der Waals surface area contributed by atoms with E-state index in [-0.39, 0.29) is 11.6 Å². The molecule has 2 atom stereocenters. The smallest absolute Gasteiger partial charge is 0.411 e. The zero-order valence-electron chi connectivity index (χ0n) is 20.2. The second-order valence-electron chi connectivity index (χ2n) is 9.65. The highest BCUT2D eigenvalue weighted by Gasteiger charge is 2.46. The molecule has 0 bridgehead atoms. The van der Waals surface area contributed by atoms with E-state index >= 15 is 0 Å². The summed E-state index contributed by atoms with van der Waals surface area (Å²) in [6.45, 7) is 5.96. The van der Waals surface area contributed by atoms with Gasteiger partial charge >= 0.3 is 6.09 Å². The number of pyridine rings is 1. The number of nitrogens with zero attached hydrogens (tertiary/aromatic N) is 1. The highest BCUT2D eigenvalue weighted by Crippen LogP contribution is 2.42. The molecule has 0 radical (unpaired) electrons. The number of rotatable bonds is 5. The van der Waals surface area contributed by atoms with Gasteiger partial charge in [-0.1, -0.05) is 54.3 Å². The first-order valence-electron chi connectivity index (χ1n) is 11.7. The van der Waals surface area contributed by atoms with Crippen molar-refractivity contribution in [1.29, 1.82) is 0 Å². The number of benzene rings is 2. The number of aromatic nitrogens is 1. The van der Waals surface area contributed by atoms with Gasteiger partial charge < -0.3 is 19.7 Å². The third-order valence-corrected chi connectivity index (χ3v) is 6.28. The molecule has 1 aliphatic rings. The molecular weight excluding hydrogens is 440 g/mol. The fourth-order valence-electron chi connectivity index (χ4n) is 4.58. The number of carbonyl (C=O) groups excluding carboxylic acids is 1. The van der Waals surface area contributed by atoms with Crippen LogP contribution in [0.15, 0.2) is 77.7 Å². The molecule has 2 aromatic carbocycles. The highest BCUT2D eigenvalue weighted by atomic mass is 16.6. The minimum atomic E-state index is -0.992. The Hall–Kier alpha value is -3.82. The predicted octanol–water partition coefficient (Wildman–Crippen LogP) is 4.73. The first-order chi connectivity index (χ1) is 16.7. The van der Waals surface area contributed by atoms with Crippen molar-refractivity contribution in [2.75, 3.05) is 6.54 Å². The number of aromatic amines is 1. The van der Waals surface area contributed by atoms with Crippen LogP contribution in [0.3, 0.4) is 0 Å². The molecule has 180 valence electrons.